The van der Waals surface area contributed by atoms with Crippen LogP contribution in [0.2, 0.25) is 0 Å². The first-order valence-corrected chi connectivity index (χ1v) is 11.6. The van der Waals surface area contributed by atoms with Crippen LogP contribution in [0.3, 0.4) is 0 Å². The molecule has 0 N–H and O–H groups in total. The van der Waals surface area contributed by atoms with Crippen molar-refractivity contribution in [3.8, 4) is 5.69 Å². The van der Waals surface area contributed by atoms with Crippen LogP contribution in [0.1, 0.15) is 12.5 Å². The summed E-state index contributed by atoms with van der Waals surface area (Å²) in [6.45, 7) is 4.96. The van der Waals surface area contributed by atoms with Gasteiger partial charge in [-0.2, -0.15) is 4.68 Å². The fourth-order valence-corrected chi connectivity index (χ4v) is 4.51. The van der Waals surface area contributed by atoms with Gasteiger partial charge in [-0.1, -0.05) is 48.2 Å². The van der Waals surface area contributed by atoms with Crippen LogP contribution in [0.15, 0.2) is 58.5 Å². The zero-order chi connectivity index (χ0) is 21.9. The molecule has 1 aliphatic rings. The molecule has 1 fully saturated rings. The first-order valence-electron chi connectivity index (χ1n) is 10.6. The summed E-state index contributed by atoms with van der Waals surface area (Å²) in [5.74, 6) is 1.06. The highest BCUT2D eigenvalue weighted by molar-refractivity contribution is 7.98. The van der Waals surface area contributed by atoms with E-state index in [0.717, 1.165) is 31.1 Å². The molecule has 164 valence electrons. The number of ether oxygens (including phenoxy) is 1. The van der Waals surface area contributed by atoms with Gasteiger partial charge in [0.1, 0.15) is 5.52 Å². The Balaban J connectivity index is 1.50. The monoisotopic (exact) mass is 449 g/mol. The smallest absolute Gasteiger partial charge is 0.278 e. The maximum absolute atomic E-state index is 12.8. The second-order valence-electron chi connectivity index (χ2n) is 7.43. The SMILES string of the molecule is CCc1cccc(-n2c(SCn3nnc4ccccc4c3=O)nnc2N2CCOCC2)c1. The molecule has 0 aliphatic carbocycles. The maximum atomic E-state index is 12.8. The highest BCUT2D eigenvalue weighted by Crippen LogP contribution is 2.28. The standard InChI is InChI=1S/C22H23N7O2S/c1-2-16-6-5-7-17(14-16)29-21(27-10-12-31-13-11-27)24-25-22(29)32-15-28-20(30)18-8-3-4-9-19(18)23-26-28/h3-9,14H,2,10-13,15H2,1H3. The van der Waals surface area contributed by atoms with E-state index < -0.39 is 0 Å². The molecule has 0 radical (unpaired) electrons. The predicted octanol–water partition coefficient (Wildman–Crippen LogP) is 2.52. The molecule has 0 bridgehead atoms. The molecular formula is C22H23N7O2S. The summed E-state index contributed by atoms with van der Waals surface area (Å²) >= 11 is 1.41. The summed E-state index contributed by atoms with van der Waals surface area (Å²) < 4.78 is 8.92. The lowest BCUT2D eigenvalue weighted by molar-refractivity contribution is 0.122. The Morgan fingerprint density at radius 3 is 2.72 bits per heavy atom. The molecule has 0 spiro atoms. The third kappa shape index (κ3) is 3.98. The van der Waals surface area contributed by atoms with Gasteiger partial charge in [-0.3, -0.25) is 9.36 Å². The lowest BCUT2D eigenvalue weighted by atomic mass is 10.1. The quantitative estimate of drug-likeness (QED) is 0.415. The van der Waals surface area contributed by atoms with Crippen molar-refractivity contribution in [2.75, 3.05) is 31.2 Å². The number of aryl methyl sites for hydroxylation is 1. The van der Waals surface area contributed by atoms with Crippen LogP contribution >= 0.6 is 11.8 Å². The van der Waals surface area contributed by atoms with Crippen LogP contribution < -0.4 is 10.5 Å². The van der Waals surface area contributed by atoms with E-state index in [9.17, 15) is 4.79 Å². The Kier molecular flexibility index (Phi) is 5.87. The van der Waals surface area contributed by atoms with Gasteiger partial charge < -0.3 is 9.64 Å². The first-order chi connectivity index (χ1) is 15.7. The number of thioether (sulfide) groups is 1. The van der Waals surface area contributed by atoms with E-state index in [1.54, 1.807) is 12.1 Å². The molecule has 32 heavy (non-hydrogen) atoms. The largest absolute Gasteiger partial charge is 0.378 e. The molecule has 0 atom stereocenters. The highest BCUT2D eigenvalue weighted by atomic mass is 32.2. The molecule has 1 saturated heterocycles. The summed E-state index contributed by atoms with van der Waals surface area (Å²) in [5, 5.41) is 18.5. The lowest BCUT2D eigenvalue weighted by Gasteiger charge is -2.28. The summed E-state index contributed by atoms with van der Waals surface area (Å²) in [7, 11) is 0. The second-order valence-corrected chi connectivity index (χ2v) is 8.34. The zero-order valence-electron chi connectivity index (χ0n) is 17.7. The van der Waals surface area contributed by atoms with E-state index in [0.29, 0.717) is 29.3 Å². The van der Waals surface area contributed by atoms with Crippen LogP contribution in [-0.2, 0) is 17.0 Å². The Morgan fingerprint density at radius 1 is 1.03 bits per heavy atom. The fraction of sp³-hybridized carbons (Fsp3) is 0.318. The predicted molar refractivity (Wildman–Crippen MR) is 123 cm³/mol. The van der Waals surface area contributed by atoms with Crippen molar-refractivity contribution in [1.29, 1.82) is 0 Å². The van der Waals surface area contributed by atoms with E-state index >= 15 is 0 Å². The van der Waals surface area contributed by atoms with Crippen molar-refractivity contribution in [3.05, 3.63) is 64.4 Å². The molecule has 0 saturated carbocycles. The van der Waals surface area contributed by atoms with Crippen molar-refractivity contribution in [2.24, 2.45) is 0 Å². The Morgan fingerprint density at radius 2 is 1.88 bits per heavy atom. The van der Waals surface area contributed by atoms with Gasteiger partial charge in [-0.25, -0.2) is 0 Å². The summed E-state index contributed by atoms with van der Waals surface area (Å²) in [6, 6.07) is 15.6. The summed E-state index contributed by atoms with van der Waals surface area (Å²) in [6.07, 6.45) is 0.938. The van der Waals surface area contributed by atoms with Crippen molar-refractivity contribution in [2.45, 2.75) is 24.4 Å². The van der Waals surface area contributed by atoms with Crippen molar-refractivity contribution >= 4 is 28.6 Å². The Bertz CT molecular complexity index is 1300. The fourth-order valence-electron chi connectivity index (χ4n) is 3.69. The molecule has 2 aromatic heterocycles. The van der Waals surface area contributed by atoms with Crippen LogP contribution in [0.4, 0.5) is 5.95 Å². The third-order valence-electron chi connectivity index (χ3n) is 5.43. The normalized spacial score (nSPS) is 14.2. The molecule has 4 aromatic rings. The van der Waals surface area contributed by atoms with Gasteiger partial charge in [0.05, 0.1) is 30.2 Å². The number of fused-ring (bicyclic) bond motifs is 1. The minimum atomic E-state index is -0.171. The van der Waals surface area contributed by atoms with Gasteiger partial charge in [0, 0.05) is 13.1 Å². The van der Waals surface area contributed by atoms with Crippen LogP contribution in [0, 0.1) is 0 Å². The van der Waals surface area contributed by atoms with Gasteiger partial charge >= 0.3 is 0 Å². The molecule has 3 heterocycles. The molecule has 9 nitrogen and oxygen atoms in total. The van der Waals surface area contributed by atoms with Crippen molar-refractivity contribution in [1.82, 2.24) is 29.8 Å². The Labute approximate surface area is 189 Å². The number of nitrogens with zero attached hydrogens (tertiary/aromatic N) is 7. The average Bonchev–Trinajstić information content (AvgIpc) is 3.28. The lowest BCUT2D eigenvalue weighted by Crippen LogP contribution is -2.37. The van der Waals surface area contributed by atoms with E-state index in [1.165, 1.54) is 22.0 Å². The number of benzene rings is 2. The third-order valence-corrected chi connectivity index (χ3v) is 6.33. The molecule has 1 aliphatic heterocycles. The molecule has 0 unspecified atom stereocenters. The summed E-state index contributed by atoms with van der Waals surface area (Å²) in [5.41, 5.74) is 2.65. The van der Waals surface area contributed by atoms with Crippen LogP contribution in [0.25, 0.3) is 16.6 Å². The first kappa shape index (κ1) is 20.7. The second kappa shape index (κ2) is 9.09. The number of rotatable bonds is 6. The minimum absolute atomic E-state index is 0.171. The van der Waals surface area contributed by atoms with Crippen LogP contribution in [0.5, 0.6) is 0 Å². The number of aromatic nitrogens is 6. The number of morpholine rings is 1. The van der Waals surface area contributed by atoms with Crippen molar-refractivity contribution in [3.63, 3.8) is 0 Å². The van der Waals surface area contributed by atoms with Gasteiger partial charge in [0.2, 0.25) is 5.95 Å². The van der Waals surface area contributed by atoms with Gasteiger partial charge in [0.15, 0.2) is 5.16 Å². The van der Waals surface area contributed by atoms with E-state index in [-0.39, 0.29) is 11.4 Å². The minimum Gasteiger partial charge on any atom is -0.378 e. The molecule has 0 amide bonds. The summed E-state index contributed by atoms with van der Waals surface area (Å²) in [4.78, 5) is 15.0. The molecule has 5 rings (SSSR count). The zero-order valence-corrected chi connectivity index (χ0v) is 18.5. The van der Waals surface area contributed by atoms with Crippen molar-refractivity contribution < 1.29 is 4.74 Å². The van der Waals surface area contributed by atoms with E-state index in [1.807, 2.05) is 18.2 Å². The molecule has 2 aromatic carbocycles. The molecule has 10 heteroatoms. The number of hydrogen-bond donors (Lipinski definition) is 0. The highest BCUT2D eigenvalue weighted by Gasteiger charge is 2.22. The van der Waals surface area contributed by atoms with E-state index in [4.69, 9.17) is 4.74 Å². The van der Waals surface area contributed by atoms with Gasteiger partial charge in [-0.15, -0.1) is 15.3 Å². The van der Waals surface area contributed by atoms with Crippen LogP contribution in [-0.4, -0.2) is 56.1 Å². The average molecular weight is 450 g/mol. The topological polar surface area (TPSA) is 91.0 Å². The molecular weight excluding hydrogens is 426 g/mol. The maximum Gasteiger partial charge on any atom is 0.278 e. The number of anilines is 1. The van der Waals surface area contributed by atoms with Gasteiger partial charge in [0.25, 0.3) is 5.56 Å². The van der Waals surface area contributed by atoms with E-state index in [2.05, 4.69) is 55.1 Å². The number of hydrogen-bond acceptors (Lipinski definition) is 8. The van der Waals surface area contributed by atoms with Gasteiger partial charge in [-0.05, 0) is 36.2 Å². The Hall–Kier alpha value is -3.24.